The number of fused-ring (bicyclic) bond motifs is 1. The van der Waals surface area contributed by atoms with E-state index in [0.717, 1.165) is 11.3 Å². The highest BCUT2D eigenvalue weighted by atomic mass is 32.2. The number of hydrogen-bond acceptors (Lipinski definition) is 3. The van der Waals surface area contributed by atoms with Crippen LogP contribution in [0.2, 0.25) is 0 Å². The second-order valence-electron chi connectivity index (χ2n) is 4.53. The SMILES string of the molecule is Nc1ccc2c(c1)CCN2S(=O)(=O)c1ccccc1. The lowest BCUT2D eigenvalue weighted by Gasteiger charge is -2.19. The fourth-order valence-electron chi connectivity index (χ4n) is 2.36. The Kier molecular flexibility index (Phi) is 2.71. The second kappa shape index (κ2) is 4.28. The van der Waals surface area contributed by atoms with Gasteiger partial charge < -0.3 is 5.73 Å². The molecule has 0 saturated carbocycles. The van der Waals surface area contributed by atoms with Crippen LogP contribution in [0.5, 0.6) is 0 Å². The van der Waals surface area contributed by atoms with Crippen LogP contribution in [0.25, 0.3) is 0 Å². The molecule has 0 fully saturated rings. The van der Waals surface area contributed by atoms with E-state index in [4.69, 9.17) is 5.73 Å². The predicted octanol–water partition coefficient (Wildman–Crippen LogP) is 2.02. The van der Waals surface area contributed by atoms with Crippen LogP contribution in [0.3, 0.4) is 0 Å². The number of benzene rings is 2. The van der Waals surface area contributed by atoms with Crippen LogP contribution in [0.4, 0.5) is 11.4 Å². The summed E-state index contributed by atoms with van der Waals surface area (Å²) in [5.41, 5.74) is 8.11. The van der Waals surface area contributed by atoms with Gasteiger partial charge in [-0.05, 0) is 42.3 Å². The van der Waals surface area contributed by atoms with E-state index in [1.807, 2.05) is 6.07 Å². The van der Waals surface area contributed by atoms with Crippen molar-refractivity contribution >= 4 is 21.4 Å². The lowest BCUT2D eigenvalue weighted by atomic mass is 10.1. The van der Waals surface area contributed by atoms with Crippen molar-refractivity contribution in [1.29, 1.82) is 0 Å². The minimum atomic E-state index is -3.47. The molecule has 5 heteroatoms. The number of anilines is 2. The zero-order valence-electron chi connectivity index (χ0n) is 10.3. The van der Waals surface area contributed by atoms with E-state index in [-0.39, 0.29) is 0 Å². The number of rotatable bonds is 2. The second-order valence-corrected chi connectivity index (χ2v) is 6.39. The molecule has 0 aromatic heterocycles. The number of nitrogen functional groups attached to an aromatic ring is 1. The van der Waals surface area contributed by atoms with Crippen molar-refractivity contribution in [2.24, 2.45) is 0 Å². The van der Waals surface area contributed by atoms with Crippen LogP contribution >= 0.6 is 0 Å². The smallest absolute Gasteiger partial charge is 0.264 e. The van der Waals surface area contributed by atoms with Gasteiger partial charge in [0.1, 0.15) is 0 Å². The molecule has 0 saturated heterocycles. The molecule has 98 valence electrons. The van der Waals surface area contributed by atoms with Crippen molar-refractivity contribution in [3.05, 3.63) is 54.1 Å². The maximum absolute atomic E-state index is 12.6. The fraction of sp³-hybridized carbons (Fsp3) is 0.143. The van der Waals surface area contributed by atoms with Gasteiger partial charge >= 0.3 is 0 Å². The Labute approximate surface area is 112 Å². The van der Waals surface area contributed by atoms with Crippen LogP contribution in [0.15, 0.2) is 53.4 Å². The van der Waals surface area contributed by atoms with Crippen LogP contribution < -0.4 is 10.0 Å². The van der Waals surface area contributed by atoms with Crippen molar-refractivity contribution in [2.75, 3.05) is 16.6 Å². The van der Waals surface area contributed by atoms with E-state index in [0.29, 0.717) is 23.5 Å². The number of hydrogen-bond donors (Lipinski definition) is 1. The lowest BCUT2D eigenvalue weighted by molar-refractivity contribution is 0.592. The molecule has 2 N–H and O–H groups in total. The summed E-state index contributed by atoms with van der Waals surface area (Å²) in [4.78, 5) is 0.319. The first kappa shape index (κ1) is 12.0. The molecule has 1 aliphatic rings. The summed E-state index contributed by atoms with van der Waals surface area (Å²) in [5.74, 6) is 0. The lowest BCUT2D eigenvalue weighted by Crippen LogP contribution is -2.29. The highest BCUT2D eigenvalue weighted by Crippen LogP contribution is 2.33. The Hall–Kier alpha value is -2.01. The van der Waals surface area contributed by atoms with E-state index in [2.05, 4.69) is 0 Å². The minimum Gasteiger partial charge on any atom is -0.399 e. The number of sulfonamides is 1. The first-order chi connectivity index (χ1) is 9.09. The Bertz CT molecular complexity index is 711. The molecule has 1 heterocycles. The molecular formula is C14H14N2O2S. The monoisotopic (exact) mass is 274 g/mol. The zero-order chi connectivity index (χ0) is 13.5. The fourth-order valence-corrected chi connectivity index (χ4v) is 3.89. The van der Waals surface area contributed by atoms with Gasteiger partial charge in [0.2, 0.25) is 0 Å². The summed E-state index contributed by atoms with van der Waals surface area (Å²) in [7, 11) is -3.47. The maximum atomic E-state index is 12.6. The average molecular weight is 274 g/mol. The predicted molar refractivity (Wildman–Crippen MR) is 75.5 cm³/mol. The van der Waals surface area contributed by atoms with Crippen LogP contribution in [-0.4, -0.2) is 15.0 Å². The Morgan fingerprint density at radius 2 is 1.79 bits per heavy atom. The summed E-state index contributed by atoms with van der Waals surface area (Å²) in [5, 5.41) is 0. The zero-order valence-corrected chi connectivity index (χ0v) is 11.1. The third kappa shape index (κ3) is 1.96. The summed E-state index contributed by atoms with van der Waals surface area (Å²) < 4.78 is 26.6. The van der Waals surface area contributed by atoms with Gasteiger partial charge in [0.25, 0.3) is 10.0 Å². The maximum Gasteiger partial charge on any atom is 0.264 e. The summed E-state index contributed by atoms with van der Waals surface area (Å²) in [6, 6.07) is 13.8. The van der Waals surface area contributed by atoms with E-state index in [9.17, 15) is 8.42 Å². The van der Waals surface area contributed by atoms with Crippen molar-refractivity contribution in [2.45, 2.75) is 11.3 Å². The van der Waals surface area contributed by atoms with E-state index >= 15 is 0 Å². The number of nitrogens with two attached hydrogens (primary N) is 1. The minimum absolute atomic E-state index is 0.319. The highest BCUT2D eigenvalue weighted by molar-refractivity contribution is 7.92. The average Bonchev–Trinajstić information content (AvgIpc) is 2.83. The molecule has 3 rings (SSSR count). The Balaban J connectivity index is 2.07. The summed E-state index contributed by atoms with van der Waals surface area (Å²) in [6.45, 7) is 0.468. The molecule has 1 aliphatic heterocycles. The van der Waals surface area contributed by atoms with Crippen molar-refractivity contribution in [3.8, 4) is 0 Å². The number of nitrogens with zero attached hydrogens (tertiary/aromatic N) is 1. The molecule has 0 bridgehead atoms. The molecule has 0 unspecified atom stereocenters. The summed E-state index contributed by atoms with van der Waals surface area (Å²) in [6.07, 6.45) is 0.701. The van der Waals surface area contributed by atoms with Crippen molar-refractivity contribution in [1.82, 2.24) is 0 Å². The van der Waals surface area contributed by atoms with E-state index in [1.54, 1.807) is 42.5 Å². The topological polar surface area (TPSA) is 63.4 Å². The van der Waals surface area contributed by atoms with Gasteiger partial charge in [0.05, 0.1) is 10.6 Å². The molecular weight excluding hydrogens is 260 g/mol. The van der Waals surface area contributed by atoms with Crippen LogP contribution in [-0.2, 0) is 16.4 Å². The molecule has 2 aromatic carbocycles. The molecule has 19 heavy (non-hydrogen) atoms. The highest BCUT2D eigenvalue weighted by Gasteiger charge is 2.30. The molecule has 2 aromatic rings. The third-order valence-electron chi connectivity index (χ3n) is 3.29. The van der Waals surface area contributed by atoms with Crippen LogP contribution in [0.1, 0.15) is 5.56 Å². The summed E-state index contributed by atoms with van der Waals surface area (Å²) >= 11 is 0. The van der Waals surface area contributed by atoms with E-state index in [1.165, 1.54) is 4.31 Å². The largest absolute Gasteiger partial charge is 0.399 e. The first-order valence-corrected chi connectivity index (χ1v) is 7.49. The quantitative estimate of drug-likeness (QED) is 0.852. The molecule has 0 atom stereocenters. The molecule has 4 nitrogen and oxygen atoms in total. The third-order valence-corrected chi connectivity index (χ3v) is 5.12. The molecule has 0 aliphatic carbocycles. The van der Waals surface area contributed by atoms with Gasteiger partial charge in [-0.3, -0.25) is 4.31 Å². The normalized spacial score (nSPS) is 14.4. The van der Waals surface area contributed by atoms with E-state index < -0.39 is 10.0 Å². The standard InChI is InChI=1S/C14H14N2O2S/c15-12-6-7-14-11(10-12)8-9-16(14)19(17,18)13-4-2-1-3-5-13/h1-7,10H,8-9,15H2. The van der Waals surface area contributed by atoms with Crippen LogP contribution in [0, 0.1) is 0 Å². The Morgan fingerprint density at radius 1 is 1.05 bits per heavy atom. The van der Waals surface area contributed by atoms with Gasteiger partial charge in [-0.2, -0.15) is 0 Å². The van der Waals surface area contributed by atoms with Gasteiger partial charge in [-0.1, -0.05) is 18.2 Å². The van der Waals surface area contributed by atoms with Gasteiger partial charge in [0, 0.05) is 12.2 Å². The molecule has 0 radical (unpaired) electrons. The van der Waals surface area contributed by atoms with Gasteiger partial charge in [-0.25, -0.2) is 8.42 Å². The van der Waals surface area contributed by atoms with Crippen molar-refractivity contribution in [3.63, 3.8) is 0 Å². The molecule has 0 spiro atoms. The molecule has 0 amide bonds. The van der Waals surface area contributed by atoms with Crippen molar-refractivity contribution < 1.29 is 8.42 Å². The first-order valence-electron chi connectivity index (χ1n) is 6.05. The van der Waals surface area contributed by atoms with Gasteiger partial charge in [0.15, 0.2) is 0 Å². The van der Waals surface area contributed by atoms with Gasteiger partial charge in [-0.15, -0.1) is 0 Å². The Morgan fingerprint density at radius 3 is 2.53 bits per heavy atom.